The maximum absolute atomic E-state index is 5.34. The van der Waals surface area contributed by atoms with Gasteiger partial charge in [0, 0.05) is 52.8 Å². The minimum Gasteiger partial charge on any atom is -0.277 e. The van der Waals surface area contributed by atoms with Crippen LogP contribution in [0.4, 0.5) is 0 Å². The summed E-state index contributed by atoms with van der Waals surface area (Å²) < 4.78 is 4.90. The molecular formula is C45H26N4S. The number of hydrogen-bond acceptors (Lipinski definition) is 4. The quantitative estimate of drug-likeness (QED) is 0.190. The number of fused-ring (bicyclic) bond motifs is 13. The first kappa shape index (κ1) is 27.5. The van der Waals surface area contributed by atoms with Crippen LogP contribution < -0.4 is 0 Å². The molecule has 0 aliphatic heterocycles. The molecule has 0 radical (unpaired) electrons. The molecule has 0 atom stereocenters. The normalized spacial score (nSPS) is 12.0. The van der Waals surface area contributed by atoms with Gasteiger partial charge in [0.15, 0.2) is 11.6 Å². The van der Waals surface area contributed by atoms with Crippen LogP contribution in [0, 0.1) is 0 Å². The van der Waals surface area contributed by atoms with Crippen molar-refractivity contribution in [1.82, 2.24) is 19.5 Å². The third-order valence-electron chi connectivity index (χ3n) is 10.0. The molecule has 0 aliphatic rings. The summed E-state index contributed by atoms with van der Waals surface area (Å²) >= 11 is 1.90. The molecule has 232 valence electrons. The van der Waals surface area contributed by atoms with E-state index in [-0.39, 0.29) is 0 Å². The van der Waals surface area contributed by atoms with E-state index in [9.17, 15) is 0 Å². The molecule has 0 bridgehead atoms. The molecule has 0 fully saturated rings. The first-order chi connectivity index (χ1) is 24.8. The lowest BCUT2D eigenvalue weighted by molar-refractivity contribution is 0.956. The number of nitrogens with zero attached hydrogens (tertiary/aromatic N) is 4. The highest BCUT2D eigenvalue weighted by Gasteiger charge is 2.24. The van der Waals surface area contributed by atoms with Gasteiger partial charge in [-0.3, -0.25) is 4.57 Å². The van der Waals surface area contributed by atoms with Gasteiger partial charge in [0.25, 0.3) is 0 Å². The van der Waals surface area contributed by atoms with Gasteiger partial charge in [-0.2, -0.15) is 9.97 Å². The van der Waals surface area contributed by atoms with Crippen LogP contribution in [0.3, 0.4) is 0 Å². The Balaban J connectivity index is 1.33. The van der Waals surface area contributed by atoms with E-state index in [1.165, 1.54) is 52.5 Å². The van der Waals surface area contributed by atoms with Crippen molar-refractivity contribution in [2.24, 2.45) is 0 Å². The molecule has 0 saturated carbocycles. The van der Waals surface area contributed by atoms with Crippen molar-refractivity contribution in [3.63, 3.8) is 0 Å². The largest absolute Gasteiger partial charge is 0.277 e. The molecule has 11 aromatic rings. The van der Waals surface area contributed by atoms with Gasteiger partial charge in [-0.15, -0.1) is 11.3 Å². The van der Waals surface area contributed by atoms with Crippen molar-refractivity contribution in [3.05, 3.63) is 158 Å². The van der Waals surface area contributed by atoms with Gasteiger partial charge in [-0.05, 0) is 27.6 Å². The highest BCUT2D eigenvalue weighted by atomic mass is 32.1. The van der Waals surface area contributed by atoms with Crippen LogP contribution in [0.5, 0.6) is 0 Å². The molecule has 0 amide bonds. The first-order valence-electron chi connectivity index (χ1n) is 16.8. The minimum atomic E-state index is 0.600. The summed E-state index contributed by atoms with van der Waals surface area (Å²) in [6.07, 6.45) is 0. The van der Waals surface area contributed by atoms with Crippen LogP contribution in [0.25, 0.3) is 103 Å². The standard InChI is InChI=1S/C45H26N4S/c1-2-15-29(16-3-1)43-46-44(34-23-12-17-27-13-4-6-18-30(27)34)48-45(47-43)49-37-24-11-10-22-35(37)38-39-36-26-25-28-14-5-7-19-31(28)41(36)50-42(39)33-21-9-8-20-32(33)40(38)49/h1-26H. The summed E-state index contributed by atoms with van der Waals surface area (Å²) in [7, 11) is 0. The van der Waals surface area contributed by atoms with Gasteiger partial charge in [-0.1, -0.05) is 152 Å². The Morgan fingerprint density at radius 2 is 1.04 bits per heavy atom. The maximum Gasteiger partial charge on any atom is 0.238 e. The van der Waals surface area contributed by atoms with E-state index in [0.717, 1.165) is 32.9 Å². The topological polar surface area (TPSA) is 43.6 Å². The Hall–Kier alpha value is -6.43. The molecule has 50 heavy (non-hydrogen) atoms. The van der Waals surface area contributed by atoms with Crippen LogP contribution in [0.15, 0.2) is 158 Å². The average molecular weight is 655 g/mol. The minimum absolute atomic E-state index is 0.600. The summed E-state index contributed by atoms with van der Waals surface area (Å²) in [4.78, 5) is 15.8. The first-order valence-corrected chi connectivity index (χ1v) is 17.6. The SMILES string of the molecule is c1ccc(-c2nc(-c3cccc4ccccc34)nc(-n3c4ccccc4c4c5c6ccc7ccccc7c6sc5c5ccccc5c43)n2)cc1. The predicted octanol–water partition coefficient (Wildman–Crippen LogP) is 12.1. The highest BCUT2D eigenvalue weighted by Crippen LogP contribution is 2.49. The molecule has 0 N–H and O–H groups in total. The van der Waals surface area contributed by atoms with Gasteiger partial charge in [0.05, 0.1) is 11.0 Å². The predicted molar refractivity (Wildman–Crippen MR) is 210 cm³/mol. The number of rotatable bonds is 3. The summed E-state index contributed by atoms with van der Waals surface area (Å²) in [5, 5.41) is 12.2. The zero-order valence-electron chi connectivity index (χ0n) is 26.7. The molecule has 5 heteroatoms. The van der Waals surface area contributed by atoms with Crippen molar-refractivity contribution in [2.45, 2.75) is 0 Å². The number of hydrogen-bond donors (Lipinski definition) is 0. The van der Waals surface area contributed by atoms with Crippen LogP contribution in [0.2, 0.25) is 0 Å². The molecule has 11 rings (SSSR count). The van der Waals surface area contributed by atoms with E-state index in [4.69, 9.17) is 15.0 Å². The summed E-state index contributed by atoms with van der Waals surface area (Å²) in [5.41, 5.74) is 4.10. The van der Waals surface area contributed by atoms with Gasteiger partial charge in [-0.25, -0.2) is 4.98 Å². The average Bonchev–Trinajstić information content (AvgIpc) is 3.75. The van der Waals surface area contributed by atoms with E-state index < -0.39 is 0 Å². The lowest BCUT2D eigenvalue weighted by atomic mass is 9.98. The Bertz CT molecular complexity index is 3150. The van der Waals surface area contributed by atoms with Crippen LogP contribution >= 0.6 is 11.3 Å². The van der Waals surface area contributed by atoms with E-state index in [1.807, 2.05) is 29.5 Å². The summed E-state index contributed by atoms with van der Waals surface area (Å²) in [5.74, 6) is 1.89. The zero-order valence-corrected chi connectivity index (χ0v) is 27.5. The van der Waals surface area contributed by atoms with Gasteiger partial charge in [0.2, 0.25) is 5.95 Å². The number of para-hydroxylation sites is 1. The molecular weight excluding hydrogens is 629 g/mol. The second-order valence-corrected chi connectivity index (χ2v) is 13.8. The summed E-state index contributed by atoms with van der Waals surface area (Å²) in [6, 6.07) is 55.8. The Morgan fingerprint density at radius 3 is 1.88 bits per heavy atom. The monoisotopic (exact) mass is 654 g/mol. The third-order valence-corrected chi connectivity index (χ3v) is 11.3. The van der Waals surface area contributed by atoms with E-state index in [2.05, 4.69) is 144 Å². The van der Waals surface area contributed by atoms with Crippen molar-refractivity contribution in [2.75, 3.05) is 0 Å². The Labute approximate surface area is 290 Å². The van der Waals surface area contributed by atoms with Crippen molar-refractivity contribution >= 4 is 85.6 Å². The van der Waals surface area contributed by atoms with E-state index >= 15 is 0 Å². The van der Waals surface area contributed by atoms with Crippen LogP contribution in [-0.2, 0) is 0 Å². The van der Waals surface area contributed by atoms with Gasteiger partial charge in [0.1, 0.15) is 0 Å². The Kier molecular flexibility index (Phi) is 5.80. The van der Waals surface area contributed by atoms with Gasteiger partial charge >= 0.3 is 0 Å². The smallest absolute Gasteiger partial charge is 0.238 e. The molecule has 3 heterocycles. The third kappa shape index (κ3) is 3.89. The lowest BCUT2D eigenvalue weighted by Gasteiger charge is -2.13. The van der Waals surface area contributed by atoms with Crippen molar-refractivity contribution in [3.8, 4) is 28.7 Å². The maximum atomic E-state index is 5.34. The fraction of sp³-hybridized carbons (Fsp3) is 0. The van der Waals surface area contributed by atoms with Crippen LogP contribution in [-0.4, -0.2) is 19.5 Å². The molecule has 8 aromatic carbocycles. The van der Waals surface area contributed by atoms with Gasteiger partial charge < -0.3 is 0 Å². The number of aromatic nitrogens is 4. The highest BCUT2D eigenvalue weighted by molar-refractivity contribution is 7.27. The number of thiophene rings is 1. The molecule has 0 saturated heterocycles. The summed E-state index contributed by atoms with van der Waals surface area (Å²) in [6.45, 7) is 0. The second kappa shape index (κ2) is 10.5. The molecule has 0 spiro atoms. The molecule has 3 aromatic heterocycles. The second-order valence-electron chi connectivity index (χ2n) is 12.8. The fourth-order valence-electron chi connectivity index (χ4n) is 7.83. The zero-order chi connectivity index (χ0) is 32.8. The van der Waals surface area contributed by atoms with Crippen LogP contribution in [0.1, 0.15) is 0 Å². The number of benzene rings is 8. The van der Waals surface area contributed by atoms with Crippen molar-refractivity contribution in [1.29, 1.82) is 0 Å². The fourth-order valence-corrected chi connectivity index (χ4v) is 9.21. The molecule has 0 unspecified atom stereocenters. The lowest BCUT2D eigenvalue weighted by Crippen LogP contribution is -2.06. The Morgan fingerprint density at radius 1 is 0.400 bits per heavy atom. The van der Waals surface area contributed by atoms with E-state index in [1.54, 1.807) is 0 Å². The molecule has 4 nitrogen and oxygen atoms in total. The van der Waals surface area contributed by atoms with E-state index in [0.29, 0.717) is 17.6 Å². The van der Waals surface area contributed by atoms with Crippen molar-refractivity contribution < 1.29 is 0 Å². The molecule has 0 aliphatic carbocycles.